The Balaban J connectivity index is 1.62. The van der Waals surface area contributed by atoms with E-state index in [2.05, 4.69) is 16.0 Å². The highest BCUT2D eigenvalue weighted by molar-refractivity contribution is 5.98. The van der Waals surface area contributed by atoms with Gasteiger partial charge in [0.05, 0.1) is 31.4 Å². The summed E-state index contributed by atoms with van der Waals surface area (Å²) >= 11 is 0. The van der Waals surface area contributed by atoms with Gasteiger partial charge < -0.3 is 30.2 Å². The van der Waals surface area contributed by atoms with Crippen LogP contribution < -0.4 is 20.7 Å². The van der Waals surface area contributed by atoms with Crippen molar-refractivity contribution < 1.29 is 28.6 Å². The number of hydrogen-bond acceptors (Lipinski definition) is 7. The number of carbonyl (C=O) groups excluding carboxylic acids is 3. The van der Waals surface area contributed by atoms with Gasteiger partial charge in [0.25, 0.3) is 5.91 Å². The fraction of sp³-hybridized carbons (Fsp3) is 0.375. The summed E-state index contributed by atoms with van der Waals surface area (Å²) in [6.45, 7) is 1.97. The fourth-order valence-electron chi connectivity index (χ4n) is 3.87. The first kappa shape index (κ1) is 22.8. The van der Waals surface area contributed by atoms with E-state index in [1.807, 2.05) is 18.2 Å². The van der Waals surface area contributed by atoms with Gasteiger partial charge in [-0.1, -0.05) is 12.1 Å². The van der Waals surface area contributed by atoms with Crippen molar-refractivity contribution in [2.24, 2.45) is 0 Å². The summed E-state index contributed by atoms with van der Waals surface area (Å²) in [7, 11) is 1.28. The molecule has 2 aromatic carbocycles. The van der Waals surface area contributed by atoms with Crippen LogP contribution in [0.2, 0.25) is 0 Å². The molecule has 9 nitrogen and oxygen atoms in total. The van der Waals surface area contributed by atoms with Crippen molar-refractivity contribution >= 4 is 17.8 Å². The Labute approximate surface area is 191 Å². The van der Waals surface area contributed by atoms with Crippen molar-refractivity contribution in [3.8, 4) is 11.5 Å². The van der Waals surface area contributed by atoms with Crippen molar-refractivity contribution in [3.05, 3.63) is 59.2 Å². The third-order valence-electron chi connectivity index (χ3n) is 5.56. The standard InChI is InChI=1S/C24H27N3O6/c1-31-24(30)17-9-16-10-19(11-17)33-18-5-2-4-15(8-18)14-32-21-13-25-12-20(21)27-22(28)6-3-7-26-23(16)29/h2,4-5,8-11,20-21,25H,3,6-7,12-14H2,1H3,(H,26,29)(H,27,28)/t20-,21-/m0/s1. The molecule has 2 aliphatic heterocycles. The molecule has 1 saturated heterocycles. The van der Waals surface area contributed by atoms with Crippen LogP contribution in [0.1, 0.15) is 39.1 Å². The summed E-state index contributed by atoms with van der Waals surface area (Å²) < 4.78 is 16.9. The van der Waals surface area contributed by atoms with Crippen LogP contribution in [-0.2, 0) is 20.9 Å². The van der Waals surface area contributed by atoms with Crippen molar-refractivity contribution in [1.29, 1.82) is 0 Å². The lowest BCUT2D eigenvalue weighted by Crippen LogP contribution is -2.44. The number of amides is 2. The van der Waals surface area contributed by atoms with Crippen molar-refractivity contribution in [2.45, 2.75) is 31.6 Å². The molecule has 174 valence electrons. The highest BCUT2D eigenvalue weighted by Crippen LogP contribution is 2.26. The smallest absolute Gasteiger partial charge is 0.338 e. The molecular formula is C24H27N3O6. The van der Waals surface area contributed by atoms with Crippen molar-refractivity contribution in [3.63, 3.8) is 0 Å². The minimum Gasteiger partial charge on any atom is -0.465 e. The number of fused-ring (bicyclic) bond motifs is 5. The minimum atomic E-state index is -0.574. The van der Waals surface area contributed by atoms with E-state index in [0.717, 1.165) is 5.56 Å². The van der Waals surface area contributed by atoms with Crippen LogP contribution in [0.5, 0.6) is 11.5 Å². The van der Waals surface area contributed by atoms with Gasteiger partial charge in [-0.2, -0.15) is 0 Å². The molecule has 9 heteroatoms. The van der Waals surface area contributed by atoms with Gasteiger partial charge in [-0.05, 0) is 42.3 Å². The van der Waals surface area contributed by atoms with Crippen LogP contribution in [-0.4, -0.2) is 56.7 Å². The Bertz CT molecular complexity index is 1040. The third kappa shape index (κ3) is 5.88. The van der Waals surface area contributed by atoms with E-state index in [1.54, 1.807) is 12.1 Å². The molecule has 4 bridgehead atoms. The Kier molecular flexibility index (Phi) is 7.21. The number of carbonyl (C=O) groups is 3. The number of hydrogen-bond donors (Lipinski definition) is 3. The molecule has 0 unspecified atom stereocenters. The van der Waals surface area contributed by atoms with Crippen molar-refractivity contribution in [2.75, 3.05) is 26.7 Å². The second-order valence-corrected chi connectivity index (χ2v) is 8.03. The van der Waals surface area contributed by atoms with E-state index >= 15 is 0 Å². The molecular weight excluding hydrogens is 426 g/mol. The fourth-order valence-corrected chi connectivity index (χ4v) is 3.87. The zero-order chi connectivity index (χ0) is 23.2. The predicted molar refractivity (Wildman–Crippen MR) is 119 cm³/mol. The molecule has 2 aliphatic rings. The molecule has 2 aromatic rings. The van der Waals surface area contributed by atoms with E-state index in [1.165, 1.54) is 19.2 Å². The summed E-state index contributed by atoms with van der Waals surface area (Å²) in [5, 5.41) is 9.06. The molecule has 33 heavy (non-hydrogen) atoms. The zero-order valence-electron chi connectivity index (χ0n) is 18.4. The maximum absolute atomic E-state index is 12.7. The van der Waals surface area contributed by atoms with E-state index in [4.69, 9.17) is 14.2 Å². The Morgan fingerprint density at radius 3 is 2.82 bits per heavy atom. The summed E-state index contributed by atoms with van der Waals surface area (Å²) in [6.07, 6.45) is 0.618. The van der Waals surface area contributed by atoms with E-state index in [0.29, 0.717) is 44.2 Å². The van der Waals surface area contributed by atoms with Gasteiger partial charge >= 0.3 is 5.97 Å². The van der Waals surface area contributed by atoms with Crippen molar-refractivity contribution in [1.82, 2.24) is 16.0 Å². The number of methoxy groups -OCH3 is 1. The number of rotatable bonds is 1. The SMILES string of the molecule is COC(=O)c1cc2cc(c1)C(=O)NCCCC(=O)N[C@H]1CNC[C@@H]1OCc1cccc(c1)O2. The van der Waals surface area contributed by atoms with Crippen LogP contribution >= 0.6 is 0 Å². The minimum absolute atomic E-state index is 0.0852. The van der Waals surface area contributed by atoms with Crippen LogP contribution in [0.4, 0.5) is 0 Å². The van der Waals surface area contributed by atoms with Gasteiger partial charge in [0.2, 0.25) is 5.91 Å². The van der Waals surface area contributed by atoms with E-state index in [9.17, 15) is 14.4 Å². The molecule has 0 spiro atoms. The highest BCUT2D eigenvalue weighted by Gasteiger charge is 2.29. The Hall–Kier alpha value is -3.43. The lowest BCUT2D eigenvalue weighted by molar-refractivity contribution is -0.122. The lowest BCUT2D eigenvalue weighted by Gasteiger charge is -2.21. The second-order valence-electron chi connectivity index (χ2n) is 8.03. The normalized spacial score (nSPS) is 21.5. The first-order valence-electron chi connectivity index (χ1n) is 10.9. The third-order valence-corrected chi connectivity index (χ3v) is 5.56. The first-order chi connectivity index (χ1) is 16.0. The number of esters is 1. The van der Waals surface area contributed by atoms with Gasteiger partial charge in [-0.3, -0.25) is 9.59 Å². The summed E-state index contributed by atoms with van der Waals surface area (Å²) in [5.41, 5.74) is 1.36. The summed E-state index contributed by atoms with van der Waals surface area (Å²) in [5.74, 6) is -0.149. The molecule has 0 aromatic heterocycles. The van der Waals surface area contributed by atoms with Gasteiger partial charge in [0.1, 0.15) is 11.5 Å². The molecule has 2 atom stereocenters. The van der Waals surface area contributed by atoms with Gasteiger partial charge in [0.15, 0.2) is 0 Å². The summed E-state index contributed by atoms with van der Waals surface area (Å²) in [4.78, 5) is 37.2. The number of ether oxygens (including phenoxy) is 3. The van der Waals surface area contributed by atoms with Crippen LogP contribution in [0.3, 0.4) is 0 Å². The van der Waals surface area contributed by atoms with Crippen LogP contribution in [0.25, 0.3) is 0 Å². The first-order valence-corrected chi connectivity index (χ1v) is 10.9. The topological polar surface area (TPSA) is 115 Å². The molecule has 3 N–H and O–H groups in total. The quantitative estimate of drug-likeness (QED) is 0.564. The predicted octanol–water partition coefficient (Wildman–Crippen LogP) is 1.76. The Morgan fingerprint density at radius 2 is 1.97 bits per heavy atom. The summed E-state index contributed by atoms with van der Waals surface area (Å²) in [6, 6.07) is 11.8. The monoisotopic (exact) mass is 453 g/mol. The lowest BCUT2D eigenvalue weighted by atomic mass is 10.1. The van der Waals surface area contributed by atoms with Crippen LogP contribution in [0.15, 0.2) is 42.5 Å². The van der Waals surface area contributed by atoms with Gasteiger partial charge in [-0.25, -0.2) is 4.79 Å². The molecule has 4 rings (SSSR count). The van der Waals surface area contributed by atoms with E-state index in [-0.39, 0.29) is 41.5 Å². The molecule has 2 heterocycles. The maximum Gasteiger partial charge on any atom is 0.338 e. The van der Waals surface area contributed by atoms with Crippen LogP contribution in [0, 0.1) is 0 Å². The molecule has 1 fully saturated rings. The van der Waals surface area contributed by atoms with Gasteiger partial charge in [-0.15, -0.1) is 0 Å². The van der Waals surface area contributed by atoms with Gasteiger partial charge in [0, 0.05) is 31.6 Å². The second kappa shape index (κ2) is 10.5. The molecule has 2 amide bonds. The number of benzene rings is 2. The average molecular weight is 453 g/mol. The zero-order valence-corrected chi connectivity index (χ0v) is 18.4. The van der Waals surface area contributed by atoms with E-state index < -0.39 is 5.97 Å². The number of nitrogens with one attached hydrogen (secondary N) is 3. The largest absolute Gasteiger partial charge is 0.465 e. The molecule has 0 radical (unpaired) electrons. The molecule has 0 aliphatic carbocycles. The maximum atomic E-state index is 12.7. The molecule has 0 saturated carbocycles. The Morgan fingerprint density at radius 1 is 1.09 bits per heavy atom. The average Bonchev–Trinajstić information content (AvgIpc) is 3.26. The highest BCUT2D eigenvalue weighted by atomic mass is 16.5.